The van der Waals surface area contributed by atoms with E-state index in [0.29, 0.717) is 0 Å². The molecule has 0 atom stereocenters. The van der Waals surface area contributed by atoms with Gasteiger partial charge in [-0.1, -0.05) is 39.3 Å². The largest absolute Gasteiger partial charge is 0.343 e. The van der Waals surface area contributed by atoms with Gasteiger partial charge in [-0.05, 0) is 11.6 Å². The second-order valence-corrected chi connectivity index (χ2v) is 4.22. The standard InChI is InChI=1S/C11H12BrN3O/c12-10-4-2-1-3-9(10)7-13-6-5-11-14-8-16-15-11/h1-4,8,13H,5-7H2. The van der Waals surface area contributed by atoms with Crippen LogP contribution in [0.3, 0.4) is 0 Å². The molecule has 16 heavy (non-hydrogen) atoms. The molecule has 0 radical (unpaired) electrons. The molecule has 0 fully saturated rings. The molecule has 2 aromatic rings. The lowest BCUT2D eigenvalue weighted by Crippen LogP contribution is -2.17. The lowest BCUT2D eigenvalue weighted by Gasteiger charge is -2.05. The molecule has 0 bridgehead atoms. The SMILES string of the molecule is Brc1ccccc1CNCCc1ncon1. The van der Waals surface area contributed by atoms with Gasteiger partial charge in [0.15, 0.2) is 5.82 Å². The van der Waals surface area contributed by atoms with E-state index < -0.39 is 0 Å². The Balaban J connectivity index is 1.74. The summed E-state index contributed by atoms with van der Waals surface area (Å²) in [5, 5.41) is 7.07. The van der Waals surface area contributed by atoms with Gasteiger partial charge < -0.3 is 9.84 Å². The molecule has 4 nitrogen and oxygen atoms in total. The molecular formula is C11H12BrN3O. The minimum atomic E-state index is 0.736. The van der Waals surface area contributed by atoms with Crippen LogP contribution in [0.2, 0.25) is 0 Å². The maximum absolute atomic E-state index is 4.65. The molecule has 1 aromatic carbocycles. The topological polar surface area (TPSA) is 51.0 Å². The molecule has 0 saturated heterocycles. The van der Waals surface area contributed by atoms with Crippen molar-refractivity contribution in [3.8, 4) is 0 Å². The van der Waals surface area contributed by atoms with Gasteiger partial charge in [0.25, 0.3) is 0 Å². The van der Waals surface area contributed by atoms with Crippen molar-refractivity contribution >= 4 is 15.9 Å². The highest BCUT2D eigenvalue weighted by atomic mass is 79.9. The Kier molecular flexibility index (Phi) is 4.07. The van der Waals surface area contributed by atoms with E-state index in [4.69, 9.17) is 0 Å². The average molecular weight is 282 g/mol. The van der Waals surface area contributed by atoms with Crippen LogP contribution in [-0.2, 0) is 13.0 Å². The maximum atomic E-state index is 4.65. The van der Waals surface area contributed by atoms with E-state index in [1.54, 1.807) is 0 Å². The van der Waals surface area contributed by atoms with Gasteiger partial charge in [0, 0.05) is 24.0 Å². The van der Waals surface area contributed by atoms with Crippen molar-refractivity contribution in [1.82, 2.24) is 15.5 Å². The van der Waals surface area contributed by atoms with Gasteiger partial charge in [-0.15, -0.1) is 0 Å². The number of nitrogens with zero attached hydrogens (tertiary/aromatic N) is 2. The van der Waals surface area contributed by atoms with Gasteiger partial charge in [0.2, 0.25) is 6.39 Å². The molecule has 0 spiro atoms. The predicted octanol–water partition coefficient (Wildman–Crippen LogP) is 2.16. The molecule has 1 heterocycles. The van der Waals surface area contributed by atoms with Crippen molar-refractivity contribution in [3.63, 3.8) is 0 Å². The highest BCUT2D eigenvalue weighted by Gasteiger charge is 1.99. The Morgan fingerprint density at radius 3 is 2.94 bits per heavy atom. The fourth-order valence-corrected chi connectivity index (χ4v) is 1.79. The molecule has 2 rings (SSSR count). The summed E-state index contributed by atoms with van der Waals surface area (Å²) in [6.07, 6.45) is 2.13. The van der Waals surface area contributed by atoms with E-state index in [1.165, 1.54) is 12.0 Å². The van der Waals surface area contributed by atoms with Crippen LogP contribution in [-0.4, -0.2) is 16.7 Å². The van der Waals surface area contributed by atoms with Crippen molar-refractivity contribution in [3.05, 3.63) is 46.5 Å². The molecule has 5 heteroatoms. The smallest absolute Gasteiger partial charge is 0.213 e. The van der Waals surface area contributed by atoms with Crippen LogP contribution in [0.25, 0.3) is 0 Å². The quantitative estimate of drug-likeness (QED) is 0.854. The Morgan fingerprint density at radius 2 is 2.19 bits per heavy atom. The molecule has 0 aliphatic heterocycles. The van der Waals surface area contributed by atoms with E-state index in [0.717, 1.165) is 29.8 Å². The van der Waals surface area contributed by atoms with Crippen molar-refractivity contribution < 1.29 is 4.52 Å². The maximum Gasteiger partial charge on any atom is 0.213 e. The summed E-state index contributed by atoms with van der Waals surface area (Å²) in [5.41, 5.74) is 1.25. The summed E-state index contributed by atoms with van der Waals surface area (Å²) < 4.78 is 5.78. The van der Waals surface area contributed by atoms with E-state index >= 15 is 0 Å². The first kappa shape index (κ1) is 11.3. The minimum Gasteiger partial charge on any atom is -0.343 e. The molecule has 84 valence electrons. The first-order chi connectivity index (χ1) is 7.86. The van der Waals surface area contributed by atoms with Gasteiger partial charge in [-0.2, -0.15) is 4.98 Å². The van der Waals surface area contributed by atoms with Crippen LogP contribution in [0.1, 0.15) is 11.4 Å². The van der Waals surface area contributed by atoms with Crippen LogP contribution >= 0.6 is 15.9 Å². The first-order valence-electron chi connectivity index (χ1n) is 5.05. The number of hydrogen-bond donors (Lipinski definition) is 1. The zero-order valence-corrected chi connectivity index (χ0v) is 10.3. The van der Waals surface area contributed by atoms with Crippen molar-refractivity contribution in [1.29, 1.82) is 0 Å². The Morgan fingerprint density at radius 1 is 1.31 bits per heavy atom. The summed E-state index contributed by atoms with van der Waals surface area (Å²) >= 11 is 3.51. The third-order valence-electron chi connectivity index (χ3n) is 2.21. The third kappa shape index (κ3) is 3.15. The second kappa shape index (κ2) is 5.77. The summed E-state index contributed by atoms with van der Waals surface area (Å²) in [7, 11) is 0. The van der Waals surface area contributed by atoms with Gasteiger partial charge in [-0.3, -0.25) is 0 Å². The fraction of sp³-hybridized carbons (Fsp3) is 0.273. The van der Waals surface area contributed by atoms with Crippen molar-refractivity contribution in [2.45, 2.75) is 13.0 Å². The van der Waals surface area contributed by atoms with Crippen molar-refractivity contribution in [2.24, 2.45) is 0 Å². The van der Waals surface area contributed by atoms with E-state index in [9.17, 15) is 0 Å². The molecule has 0 aliphatic rings. The molecule has 1 N–H and O–H groups in total. The number of rotatable bonds is 5. The second-order valence-electron chi connectivity index (χ2n) is 3.37. The average Bonchev–Trinajstić information content (AvgIpc) is 2.79. The summed E-state index contributed by atoms with van der Waals surface area (Å²) in [5.74, 6) is 0.736. The first-order valence-corrected chi connectivity index (χ1v) is 5.85. The van der Waals surface area contributed by atoms with Crippen LogP contribution in [0.5, 0.6) is 0 Å². The number of benzene rings is 1. The van der Waals surface area contributed by atoms with E-state index in [1.807, 2.05) is 18.2 Å². The monoisotopic (exact) mass is 281 g/mol. The molecule has 0 unspecified atom stereocenters. The zero-order chi connectivity index (χ0) is 11.2. The summed E-state index contributed by atoms with van der Waals surface area (Å²) in [6.45, 7) is 1.67. The molecular weight excluding hydrogens is 270 g/mol. The predicted molar refractivity (Wildman–Crippen MR) is 63.9 cm³/mol. The van der Waals surface area contributed by atoms with Crippen molar-refractivity contribution in [2.75, 3.05) is 6.54 Å². The van der Waals surface area contributed by atoms with E-state index in [-0.39, 0.29) is 0 Å². The number of nitrogens with one attached hydrogen (secondary N) is 1. The van der Waals surface area contributed by atoms with Crippen LogP contribution in [0, 0.1) is 0 Å². The molecule has 0 saturated carbocycles. The Bertz CT molecular complexity index is 431. The molecule has 1 aromatic heterocycles. The molecule has 0 aliphatic carbocycles. The summed E-state index contributed by atoms with van der Waals surface area (Å²) in [4.78, 5) is 3.95. The van der Waals surface area contributed by atoms with Gasteiger partial charge >= 0.3 is 0 Å². The van der Waals surface area contributed by atoms with Crippen LogP contribution in [0.15, 0.2) is 39.7 Å². The van der Waals surface area contributed by atoms with Gasteiger partial charge in [0.1, 0.15) is 0 Å². The number of aromatic nitrogens is 2. The van der Waals surface area contributed by atoms with Crippen LogP contribution < -0.4 is 5.32 Å². The van der Waals surface area contributed by atoms with Gasteiger partial charge in [-0.25, -0.2) is 0 Å². The lowest BCUT2D eigenvalue weighted by molar-refractivity contribution is 0.409. The fourth-order valence-electron chi connectivity index (χ4n) is 1.37. The zero-order valence-electron chi connectivity index (χ0n) is 8.69. The highest BCUT2D eigenvalue weighted by Crippen LogP contribution is 2.15. The Hall–Kier alpha value is -1.20. The number of halogens is 1. The normalized spacial score (nSPS) is 10.6. The third-order valence-corrected chi connectivity index (χ3v) is 2.98. The van der Waals surface area contributed by atoms with E-state index in [2.05, 4.69) is 42.0 Å². The van der Waals surface area contributed by atoms with Gasteiger partial charge in [0.05, 0.1) is 0 Å². The highest BCUT2D eigenvalue weighted by molar-refractivity contribution is 9.10. The minimum absolute atomic E-state index is 0.736. The Labute approximate surface area is 102 Å². The molecule has 0 amide bonds. The lowest BCUT2D eigenvalue weighted by atomic mass is 10.2. The van der Waals surface area contributed by atoms with Crippen LogP contribution in [0.4, 0.5) is 0 Å². The number of hydrogen-bond acceptors (Lipinski definition) is 4. The summed E-state index contributed by atoms with van der Waals surface area (Å²) in [6, 6.07) is 8.16.